The number of methoxy groups -OCH3 is 1. The Kier molecular flexibility index (Phi) is 6.27. The standard InChI is InChI=1S/C21H23ClN2O6S/c1-28-18-7-5-16(10-17(18)22)31(26,27)24-8-2-3-15(12-24)21(25)23-11-14-4-6-19-20(9-14)30-13-29-19/h4-7,9-10,15H,2-3,8,11-13H2,1H3,(H,23,25). The molecule has 1 unspecified atom stereocenters. The van der Waals surface area contributed by atoms with Crippen LogP contribution in [-0.4, -0.2) is 45.6 Å². The van der Waals surface area contributed by atoms with E-state index in [2.05, 4.69) is 5.32 Å². The van der Waals surface area contributed by atoms with Crippen LogP contribution in [0.2, 0.25) is 5.02 Å². The molecule has 2 aliphatic heterocycles. The molecule has 4 rings (SSSR count). The molecule has 0 radical (unpaired) electrons. The smallest absolute Gasteiger partial charge is 0.243 e. The van der Waals surface area contributed by atoms with Crippen molar-refractivity contribution in [1.82, 2.24) is 9.62 Å². The summed E-state index contributed by atoms with van der Waals surface area (Å²) in [6.07, 6.45) is 1.23. The van der Waals surface area contributed by atoms with E-state index in [-0.39, 0.29) is 29.2 Å². The molecule has 8 nitrogen and oxygen atoms in total. The number of carbonyl (C=O) groups is 1. The summed E-state index contributed by atoms with van der Waals surface area (Å²) in [5.74, 6) is 1.14. The van der Waals surface area contributed by atoms with Gasteiger partial charge in [0, 0.05) is 19.6 Å². The van der Waals surface area contributed by atoms with E-state index < -0.39 is 15.9 Å². The third-order valence-corrected chi connectivity index (χ3v) is 7.58. The Morgan fingerprint density at radius 3 is 2.81 bits per heavy atom. The minimum Gasteiger partial charge on any atom is -0.495 e. The Morgan fingerprint density at radius 2 is 2.03 bits per heavy atom. The van der Waals surface area contributed by atoms with E-state index >= 15 is 0 Å². The summed E-state index contributed by atoms with van der Waals surface area (Å²) in [6.45, 7) is 1.00. The highest BCUT2D eigenvalue weighted by Crippen LogP contribution is 2.33. The van der Waals surface area contributed by atoms with Crippen molar-refractivity contribution in [1.29, 1.82) is 0 Å². The number of amides is 1. The van der Waals surface area contributed by atoms with Gasteiger partial charge in [0.2, 0.25) is 22.7 Å². The molecule has 0 aliphatic carbocycles. The molecule has 1 fully saturated rings. The predicted molar refractivity (Wildman–Crippen MR) is 114 cm³/mol. The van der Waals surface area contributed by atoms with Crippen molar-refractivity contribution in [2.45, 2.75) is 24.3 Å². The van der Waals surface area contributed by atoms with Crippen molar-refractivity contribution in [3.63, 3.8) is 0 Å². The van der Waals surface area contributed by atoms with Crippen LogP contribution in [0, 0.1) is 5.92 Å². The monoisotopic (exact) mass is 466 g/mol. The van der Waals surface area contributed by atoms with E-state index in [1.165, 1.54) is 29.6 Å². The Hall–Kier alpha value is -2.49. The zero-order valence-electron chi connectivity index (χ0n) is 17.0. The fourth-order valence-corrected chi connectivity index (χ4v) is 5.59. The van der Waals surface area contributed by atoms with E-state index in [0.29, 0.717) is 43.2 Å². The predicted octanol–water partition coefficient (Wildman–Crippen LogP) is 2.79. The Morgan fingerprint density at radius 1 is 1.23 bits per heavy atom. The molecule has 2 aliphatic rings. The number of hydrogen-bond acceptors (Lipinski definition) is 6. The van der Waals surface area contributed by atoms with Crippen LogP contribution < -0.4 is 19.5 Å². The average molecular weight is 467 g/mol. The summed E-state index contributed by atoms with van der Waals surface area (Å²) >= 11 is 6.10. The summed E-state index contributed by atoms with van der Waals surface area (Å²) in [4.78, 5) is 12.8. The fraction of sp³-hybridized carbons (Fsp3) is 0.381. The largest absolute Gasteiger partial charge is 0.495 e. The molecule has 1 atom stereocenters. The van der Waals surface area contributed by atoms with E-state index in [0.717, 1.165) is 5.56 Å². The van der Waals surface area contributed by atoms with Gasteiger partial charge in [-0.05, 0) is 48.7 Å². The molecular formula is C21H23ClN2O6S. The summed E-state index contributed by atoms with van der Waals surface area (Å²) in [6, 6.07) is 9.85. The van der Waals surface area contributed by atoms with Gasteiger partial charge in [0.15, 0.2) is 11.5 Å². The first-order chi connectivity index (χ1) is 14.9. The van der Waals surface area contributed by atoms with Crippen molar-refractivity contribution in [3.05, 3.63) is 47.0 Å². The summed E-state index contributed by atoms with van der Waals surface area (Å²) < 4.78 is 43.2. The number of nitrogens with one attached hydrogen (secondary N) is 1. The van der Waals surface area contributed by atoms with Crippen molar-refractivity contribution in [3.8, 4) is 17.2 Å². The van der Waals surface area contributed by atoms with Gasteiger partial charge in [-0.25, -0.2) is 8.42 Å². The number of rotatable bonds is 6. The Labute approximate surface area is 186 Å². The average Bonchev–Trinajstić information content (AvgIpc) is 3.25. The van der Waals surface area contributed by atoms with Gasteiger partial charge in [-0.1, -0.05) is 17.7 Å². The lowest BCUT2D eigenvalue weighted by Crippen LogP contribution is -2.45. The van der Waals surface area contributed by atoms with Crippen LogP contribution in [0.15, 0.2) is 41.3 Å². The Balaban J connectivity index is 1.40. The van der Waals surface area contributed by atoms with Crippen LogP contribution in [0.25, 0.3) is 0 Å². The molecular weight excluding hydrogens is 444 g/mol. The zero-order chi connectivity index (χ0) is 22.0. The van der Waals surface area contributed by atoms with E-state index in [1.54, 1.807) is 6.07 Å². The molecule has 0 spiro atoms. The van der Waals surface area contributed by atoms with Gasteiger partial charge < -0.3 is 19.5 Å². The molecule has 31 heavy (non-hydrogen) atoms. The van der Waals surface area contributed by atoms with Crippen molar-refractivity contribution >= 4 is 27.5 Å². The molecule has 2 aromatic carbocycles. The molecule has 1 saturated heterocycles. The lowest BCUT2D eigenvalue weighted by atomic mass is 9.98. The number of fused-ring (bicyclic) bond motifs is 1. The van der Waals surface area contributed by atoms with Crippen molar-refractivity contribution in [2.75, 3.05) is 27.0 Å². The molecule has 10 heteroatoms. The third kappa shape index (κ3) is 4.58. The lowest BCUT2D eigenvalue weighted by Gasteiger charge is -2.31. The molecule has 0 aromatic heterocycles. The minimum atomic E-state index is -3.77. The molecule has 166 valence electrons. The molecule has 2 heterocycles. The SMILES string of the molecule is COc1ccc(S(=O)(=O)N2CCCC(C(=O)NCc3ccc4c(c3)OCO4)C2)cc1Cl. The highest BCUT2D eigenvalue weighted by molar-refractivity contribution is 7.89. The van der Waals surface area contributed by atoms with Gasteiger partial charge >= 0.3 is 0 Å². The van der Waals surface area contributed by atoms with Crippen LogP contribution in [0.1, 0.15) is 18.4 Å². The van der Waals surface area contributed by atoms with Crippen LogP contribution in [0.4, 0.5) is 0 Å². The molecule has 2 aromatic rings. The molecule has 0 saturated carbocycles. The van der Waals surface area contributed by atoms with Gasteiger partial charge in [-0.2, -0.15) is 4.31 Å². The second kappa shape index (κ2) is 8.94. The number of carbonyl (C=O) groups excluding carboxylic acids is 1. The van der Waals surface area contributed by atoms with E-state index in [1.807, 2.05) is 12.1 Å². The number of hydrogen-bond donors (Lipinski definition) is 1. The van der Waals surface area contributed by atoms with Crippen molar-refractivity contribution < 1.29 is 27.4 Å². The number of sulfonamides is 1. The first-order valence-corrected chi connectivity index (χ1v) is 11.7. The molecule has 0 bridgehead atoms. The number of nitrogens with zero attached hydrogens (tertiary/aromatic N) is 1. The van der Waals surface area contributed by atoms with E-state index in [9.17, 15) is 13.2 Å². The van der Waals surface area contributed by atoms with Gasteiger partial charge in [-0.3, -0.25) is 4.79 Å². The second-order valence-electron chi connectivity index (χ2n) is 7.40. The first-order valence-electron chi connectivity index (χ1n) is 9.88. The molecule has 1 amide bonds. The summed E-state index contributed by atoms with van der Waals surface area (Å²) in [7, 11) is -2.30. The second-order valence-corrected chi connectivity index (χ2v) is 9.75. The number of halogens is 1. The van der Waals surface area contributed by atoms with Gasteiger partial charge in [0.05, 0.1) is 22.9 Å². The van der Waals surface area contributed by atoms with Gasteiger partial charge in [0.25, 0.3) is 0 Å². The number of piperidine rings is 1. The van der Waals surface area contributed by atoms with Crippen molar-refractivity contribution in [2.24, 2.45) is 5.92 Å². The third-order valence-electron chi connectivity index (χ3n) is 5.42. The van der Waals surface area contributed by atoms with Crippen LogP contribution >= 0.6 is 11.6 Å². The molecule has 1 N–H and O–H groups in total. The van der Waals surface area contributed by atoms with Crippen LogP contribution in [0.3, 0.4) is 0 Å². The van der Waals surface area contributed by atoms with Crippen LogP contribution in [0.5, 0.6) is 17.2 Å². The lowest BCUT2D eigenvalue weighted by molar-refractivity contribution is -0.126. The minimum absolute atomic E-state index is 0.0831. The van der Waals surface area contributed by atoms with Gasteiger partial charge in [-0.15, -0.1) is 0 Å². The maximum atomic E-state index is 13.1. The maximum absolute atomic E-state index is 13.1. The van der Waals surface area contributed by atoms with E-state index in [4.69, 9.17) is 25.8 Å². The summed E-state index contributed by atoms with van der Waals surface area (Å²) in [5.41, 5.74) is 0.880. The van der Waals surface area contributed by atoms with Gasteiger partial charge in [0.1, 0.15) is 5.75 Å². The highest BCUT2D eigenvalue weighted by atomic mass is 35.5. The van der Waals surface area contributed by atoms with Crippen LogP contribution in [-0.2, 0) is 21.4 Å². The first kappa shape index (κ1) is 21.7. The topological polar surface area (TPSA) is 94.2 Å². The number of ether oxygens (including phenoxy) is 3. The summed E-state index contributed by atoms with van der Waals surface area (Å²) in [5, 5.41) is 3.12. The maximum Gasteiger partial charge on any atom is 0.243 e. The highest BCUT2D eigenvalue weighted by Gasteiger charge is 2.33. The normalized spacial score (nSPS) is 18.6. The fourth-order valence-electron chi connectivity index (χ4n) is 3.72. The zero-order valence-corrected chi connectivity index (χ0v) is 18.5. The Bertz CT molecular complexity index is 1090. The number of benzene rings is 2. The quantitative estimate of drug-likeness (QED) is 0.703.